The maximum absolute atomic E-state index is 9.27. The molecular weight excluding hydrogens is 200 g/mol. The van der Waals surface area contributed by atoms with Gasteiger partial charge in [0.15, 0.2) is 0 Å². The molecule has 1 fully saturated rings. The van der Waals surface area contributed by atoms with Crippen molar-refractivity contribution in [2.24, 2.45) is 0 Å². The molecule has 2 rings (SSSR count). The Morgan fingerprint density at radius 2 is 2.12 bits per heavy atom. The summed E-state index contributed by atoms with van der Waals surface area (Å²) in [4.78, 5) is 2.33. The quantitative estimate of drug-likeness (QED) is 0.677. The summed E-state index contributed by atoms with van der Waals surface area (Å²) in [5.41, 5.74) is 0.870. The van der Waals surface area contributed by atoms with Gasteiger partial charge in [0.1, 0.15) is 5.75 Å². The van der Waals surface area contributed by atoms with E-state index < -0.39 is 0 Å². The molecule has 0 atom stereocenters. The van der Waals surface area contributed by atoms with Gasteiger partial charge in [0, 0.05) is 31.7 Å². The molecule has 1 heterocycles. The molecule has 16 heavy (non-hydrogen) atoms. The first-order chi connectivity index (χ1) is 7.84. The first kappa shape index (κ1) is 11.0. The lowest BCUT2D eigenvalue weighted by atomic mass is 10.2. The van der Waals surface area contributed by atoms with Gasteiger partial charge in [-0.05, 0) is 18.2 Å². The third-order valence-electron chi connectivity index (χ3n) is 2.59. The topological polar surface area (TPSA) is 35.5 Å². The summed E-state index contributed by atoms with van der Waals surface area (Å²) in [7, 11) is 0. The highest BCUT2D eigenvalue weighted by Gasteiger charge is 2.06. The molecule has 0 bridgehead atoms. The summed E-state index contributed by atoms with van der Waals surface area (Å²) in [6.07, 6.45) is 0. The number of hydrogen-bond acceptors (Lipinski definition) is 3. The monoisotopic (exact) mass is 216 g/mol. The average Bonchev–Trinajstić information content (AvgIpc) is 2.30. The Balaban J connectivity index is 1.89. The lowest BCUT2D eigenvalue weighted by molar-refractivity contribution is 0.268. The summed E-state index contributed by atoms with van der Waals surface area (Å²) in [6, 6.07) is 7.06. The molecule has 0 aromatic heterocycles. The SMILES string of the molecule is Oc1cccc(C#CCN2CCNCC2)c1. The number of phenols is 1. The second-order valence-electron chi connectivity index (χ2n) is 3.88. The Morgan fingerprint density at radius 3 is 2.88 bits per heavy atom. The van der Waals surface area contributed by atoms with Crippen molar-refractivity contribution in [2.45, 2.75) is 0 Å². The van der Waals surface area contributed by atoms with Crippen LogP contribution in [0.25, 0.3) is 0 Å². The van der Waals surface area contributed by atoms with E-state index in [2.05, 4.69) is 22.1 Å². The van der Waals surface area contributed by atoms with Gasteiger partial charge in [-0.3, -0.25) is 4.90 Å². The third kappa shape index (κ3) is 3.27. The Kier molecular flexibility index (Phi) is 3.81. The van der Waals surface area contributed by atoms with Gasteiger partial charge in [0.25, 0.3) is 0 Å². The third-order valence-corrected chi connectivity index (χ3v) is 2.59. The highest BCUT2D eigenvalue weighted by Crippen LogP contribution is 2.09. The Labute approximate surface area is 96.1 Å². The van der Waals surface area contributed by atoms with Crippen LogP contribution in [-0.4, -0.2) is 42.7 Å². The molecule has 0 amide bonds. The van der Waals surface area contributed by atoms with Gasteiger partial charge in [-0.25, -0.2) is 0 Å². The standard InChI is InChI=1S/C13H16N2O/c16-13-5-1-3-12(11-13)4-2-8-15-9-6-14-7-10-15/h1,3,5,11,14,16H,6-10H2. The van der Waals surface area contributed by atoms with Crippen LogP contribution in [0.5, 0.6) is 5.75 Å². The zero-order chi connectivity index (χ0) is 11.2. The van der Waals surface area contributed by atoms with Crippen molar-refractivity contribution < 1.29 is 5.11 Å². The lowest BCUT2D eigenvalue weighted by Gasteiger charge is -2.24. The van der Waals surface area contributed by atoms with Crippen LogP contribution < -0.4 is 5.32 Å². The van der Waals surface area contributed by atoms with Crippen molar-refractivity contribution in [2.75, 3.05) is 32.7 Å². The first-order valence-electron chi connectivity index (χ1n) is 5.55. The van der Waals surface area contributed by atoms with E-state index in [1.165, 1.54) is 0 Å². The number of rotatable bonds is 1. The fourth-order valence-electron chi connectivity index (χ4n) is 1.71. The average molecular weight is 216 g/mol. The zero-order valence-electron chi connectivity index (χ0n) is 9.24. The number of nitrogens with zero attached hydrogens (tertiary/aromatic N) is 1. The molecule has 0 saturated carbocycles. The number of piperazine rings is 1. The molecule has 3 nitrogen and oxygen atoms in total. The van der Waals surface area contributed by atoms with Crippen LogP contribution in [0.15, 0.2) is 24.3 Å². The first-order valence-corrected chi connectivity index (χ1v) is 5.55. The molecule has 0 spiro atoms. The highest BCUT2D eigenvalue weighted by atomic mass is 16.3. The van der Waals surface area contributed by atoms with E-state index in [4.69, 9.17) is 0 Å². The van der Waals surface area contributed by atoms with Gasteiger partial charge in [-0.2, -0.15) is 0 Å². The van der Waals surface area contributed by atoms with Gasteiger partial charge < -0.3 is 10.4 Å². The van der Waals surface area contributed by atoms with Gasteiger partial charge in [-0.1, -0.05) is 17.9 Å². The van der Waals surface area contributed by atoms with E-state index >= 15 is 0 Å². The fourth-order valence-corrected chi connectivity index (χ4v) is 1.71. The molecule has 1 saturated heterocycles. The van der Waals surface area contributed by atoms with Gasteiger partial charge in [-0.15, -0.1) is 0 Å². The normalized spacial score (nSPS) is 16.5. The van der Waals surface area contributed by atoms with Crippen molar-refractivity contribution in [1.29, 1.82) is 0 Å². The van der Waals surface area contributed by atoms with Crippen molar-refractivity contribution in [3.8, 4) is 17.6 Å². The summed E-state index contributed by atoms with van der Waals surface area (Å²) in [6.45, 7) is 5.03. The van der Waals surface area contributed by atoms with Crippen LogP contribution in [0.1, 0.15) is 5.56 Å². The Bertz CT molecular complexity index is 400. The van der Waals surface area contributed by atoms with Gasteiger partial charge in [0.2, 0.25) is 0 Å². The summed E-state index contributed by atoms with van der Waals surface area (Å²) in [5.74, 6) is 6.47. The minimum atomic E-state index is 0.272. The van der Waals surface area contributed by atoms with E-state index in [1.54, 1.807) is 12.1 Å². The smallest absolute Gasteiger partial charge is 0.116 e. The van der Waals surface area contributed by atoms with Crippen molar-refractivity contribution >= 4 is 0 Å². The molecule has 1 aromatic carbocycles. The zero-order valence-corrected chi connectivity index (χ0v) is 9.24. The van der Waals surface area contributed by atoms with E-state index in [9.17, 15) is 5.11 Å². The van der Waals surface area contributed by atoms with E-state index in [-0.39, 0.29) is 5.75 Å². The number of benzene rings is 1. The number of nitrogens with one attached hydrogen (secondary N) is 1. The maximum atomic E-state index is 9.27. The molecule has 0 radical (unpaired) electrons. The molecule has 2 N–H and O–H groups in total. The fraction of sp³-hybridized carbons (Fsp3) is 0.385. The van der Waals surface area contributed by atoms with Crippen LogP contribution in [0, 0.1) is 11.8 Å². The number of aromatic hydroxyl groups is 1. The minimum absolute atomic E-state index is 0.272. The second-order valence-corrected chi connectivity index (χ2v) is 3.88. The summed E-state index contributed by atoms with van der Waals surface area (Å²) < 4.78 is 0. The summed E-state index contributed by atoms with van der Waals surface area (Å²) >= 11 is 0. The largest absolute Gasteiger partial charge is 0.508 e. The van der Waals surface area contributed by atoms with Crippen LogP contribution in [0.3, 0.4) is 0 Å². The lowest BCUT2D eigenvalue weighted by Crippen LogP contribution is -2.43. The maximum Gasteiger partial charge on any atom is 0.116 e. The summed E-state index contributed by atoms with van der Waals surface area (Å²) in [5, 5.41) is 12.6. The van der Waals surface area contributed by atoms with Crippen LogP contribution in [0.2, 0.25) is 0 Å². The number of phenolic OH excluding ortho intramolecular Hbond substituents is 1. The van der Waals surface area contributed by atoms with Crippen LogP contribution in [-0.2, 0) is 0 Å². The Morgan fingerprint density at radius 1 is 1.31 bits per heavy atom. The van der Waals surface area contributed by atoms with Crippen molar-refractivity contribution in [1.82, 2.24) is 10.2 Å². The molecule has 1 aliphatic rings. The molecule has 0 unspecified atom stereocenters. The van der Waals surface area contributed by atoms with E-state index in [1.807, 2.05) is 12.1 Å². The number of hydrogen-bond donors (Lipinski definition) is 2. The molecule has 3 heteroatoms. The van der Waals surface area contributed by atoms with E-state index in [0.717, 1.165) is 38.3 Å². The second kappa shape index (κ2) is 5.55. The van der Waals surface area contributed by atoms with Gasteiger partial charge >= 0.3 is 0 Å². The molecule has 1 aliphatic heterocycles. The van der Waals surface area contributed by atoms with Crippen LogP contribution in [0.4, 0.5) is 0 Å². The van der Waals surface area contributed by atoms with Crippen molar-refractivity contribution in [3.63, 3.8) is 0 Å². The molecule has 0 aliphatic carbocycles. The van der Waals surface area contributed by atoms with E-state index in [0.29, 0.717) is 0 Å². The predicted octanol–water partition coefficient (Wildman–Crippen LogP) is 0.649. The Hall–Kier alpha value is -1.50. The molecule has 84 valence electrons. The molecular formula is C13H16N2O. The highest BCUT2D eigenvalue weighted by molar-refractivity contribution is 5.39. The van der Waals surface area contributed by atoms with Gasteiger partial charge in [0.05, 0.1) is 6.54 Å². The van der Waals surface area contributed by atoms with Crippen molar-refractivity contribution in [3.05, 3.63) is 29.8 Å². The predicted molar refractivity (Wildman–Crippen MR) is 64.3 cm³/mol. The van der Waals surface area contributed by atoms with Crippen LogP contribution >= 0.6 is 0 Å². The minimum Gasteiger partial charge on any atom is -0.508 e. The molecule has 1 aromatic rings.